The van der Waals surface area contributed by atoms with Gasteiger partial charge in [-0.25, -0.2) is 4.79 Å². The van der Waals surface area contributed by atoms with Crippen molar-refractivity contribution in [2.75, 3.05) is 19.7 Å². The van der Waals surface area contributed by atoms with Crippen molar-refractivity contribution in [2.45, 2.75) is 25.3 Å². The van der Waals surface area contributed by atoms with Gasteiger partial charge in [0.05, 0.1) is 0 Å². The number of carbonyl (C=O) groups is 2. The third-order valence-corrected chi connectivity index (χ3v) is 3.41. The lowest BCUT2D eigenvalue weighted by molar-refractivity contribution is -0.125. The van der Waals surface area contributed by atoms with Crippen LogP contribution >= 0.6 is 0 Å². The number of likely N-dealkylation sites (tertiary alicyclic amines) is 1. The van der Waals surface area contributed by atoms with E-state index < -0.39 is 0 Å². The van der Waals surface area contributed by atoms with Crippen molar-refractivity contribution in [3.63, 3.8) is 0 Å². The van der Waals surface area contributed by atoms with Gasteiger partial charge in [0.1, 0.15) is 6.61 Å². The molecule has 0 aliphatic carbocycles. The van der Waals surface area contributed by atoms with Crippen LogP contribution in [0.15, 0.2) is 12.7 Å². The number of fused-ring (bicyclic) bond motifs is 1. The van der Waals surface area contributed by atoms with E-state index in [1.807, 2.05) is 0 Å². The topological polar surface area (TPSA) is 58.6 Å². The second kappa shape index (κ2) is 5.21. The average Bonchev–Trinajstić information content (AvgIpc) is 2.35. The van der Waals surface area contributed by atoms with Gasteiger partial charge < -0.3 is 15.0 Å². The van der Waals surface area contributed by atoms with Gasteiger partial charge in [0.15, 0.2) is 0 Å². The summed E-state index contributed by atoms with van der Waals surface area (Å²) in [6, 6.07) is 0.236. The number of ether oxygens (including phenoxy) is 1. The van der Waals surface area contributed by atoms with Gasteiger partial charge in [-0.05, 0) is 18.8 Å². The first-order valence-corrected chi connectivity index (χ1v) is 6.02. The van der Waals surface area contributed by atoms with E-state index in [0.29, 0.717) is 25.4 Å². The van der Waals surface area contributed by atoms with E-state index in [0.717, 1.165) is 12.8 Å². The maximum atomic E-state index is 11.7. The molecule has 2 atom stereocenters. The molecule has 0 aromatic heterocycles. The molecule has 2 aliphatic rings. The van der Waals surface area contributed by atoms with Gasteiger partial charge in [-0.2, -0.15) is 0 Å². The number of nitrogens with zero attached hydrogens (tertiary/aromatic N) is 1. The van der Waals surface area contributed by atoms with Crippen molar-refractivity contribution in [3.8, 4) is 0 Å². The quantitative estimate of drug-likeness (QED) is 0.727. The van der Waals surface area contributed by atoms with Crippen molar-refractivity contribution >= 4 is 12.0 Å². The third-order valence-electron chi connectivity index (χ3n) is 3.41. The fourth-order valence-electron chi connectivity index (χ4n) is 2.50. The number of piperidine rings is 2. The zero-order valence-electron chi connectivity index (χ0n) is 9.85. The molecule has 2 rings (SSSR count). The molecule has 1 N–H and O–H groups in total. The van der Waals surface area contributed by atoms with E-state index in [1.165, 1.54) is 0 Å². The van der Waals surface area contributed by atoms with E-state index in [2.05, 4.69) is 11.9 Å². The fraction of sp³-hybridized carbons (Fsp3) is 0.667. The highest BCUT2D eigenvalue weighted by atomic mass is 16.6. The zero-order chi connectivity index (χ0) is 12.3. The maximum Gasteiger partial charge on any atom is 0.410 e. The standard InChI is InChI=1S/C12H18N2O3/c1-2-7-17-12(16)14-6-5-10-9(8-14)3-4-11(15)13-10/h2,9-10H,1,3-8H2,(H,13,15). The first-order valence-electron chi connectivity index (χ1n) is 6.02. The van der Waals surface area contributed by atoms with E-state index in [1.54, 1.807) is 11.0 Å². The summed E-state index contributed by atoms with van der Waals surface area (Å²) in [5.41, 5.74) is 0. The molecule has 5 nitrogen and oxygen atoms in total. The number of rotatable bonds is 2. The molecule has 0 aromatic carbocycles. The van der Waals surface area contributed by atoms with Crippen LogP contribution in [-0.4, -0.2) is 42.6 Å². The molecule has 0 aromatic rings. The SMILES string of the molecule is C=CCOC(=O)N1CCC2NC(=O)CCC2C1. The van der Waals surface area contributed by atoms with E-state index in [4.69, 9.17) is 4.74 Å². The molecule has 2 saturated heterocycles. The summed E-state index contributed by atoms with van der Waals surface area (Å²) in [5, 5.41) is 2.99. The van der Waals surface area contributed by atoms with Crippen LogP contribution in [0.25, 0.3) is 0 Å². The molecule has 2 amide bonds. The number of hydrogen-bond donors (Lipinski definition) is 1. The minimum atomic E-state index is -0.278. The molecule has 17 heavy (non-hydrogen) atoms. The molecule has 2 aliphatic heterocycles. The van der Waals surface area contributed by atoms with Crippen LogP contribution in [0.4, 0.5) is 4.79 Å². The Balaban J connectivity index is 1.87. The molecule has 0 radical (unpaired) electrons. The van der Waals surface area contributed by atoms with E-state index in [-0.39, 0.29) is 24.6 Å². The molecule has 5 heteroatoms. The van der Waals surface area contributed by atoms with Crippen molar-refractivity contribution in [2.24, 2.45) is 5.92 Å². The van der Waals surface area contributed by atoms with Gasteiger partial charge in [-0.3, -0.25) is 4.79 Å². The molecule has 2 unspecified atom stereocenters. The predicted octanol–water partition coefficient (Wildman–Crippen LogP) is 0.909. The first kappa shape index (κ1) is 12.0. The molecule has 2 heterocycles. The van der Waals surface area contributed by atoms with Gasteiger partial charge in [-0.1, -0.05) is 12.7 Å². The second-order valence-corrected chi connectivity index (χ2v) is 4.57. The maximum absolute atomic E-state index is 11.7. The van der Waals surface area contributed by atoms with Gasteiger partial charge in [-0.15, -0.1) is 0 Å². The van der Waals surface area contributed by atoms with Crippen molar-refractivity contribution in [1.82, 2.24) is 10.2 Å². The van der Waals surface area contributed by atoms with Gasteiger partial charge in [0, 0.05) is 25.6 Å². The highest BCUT2D eigenvalue weighted by Gasteiger charge is 2.35. The van der Waals surface area contributed by atoms with Crippen molar-refractivity contribution < 1.29 is 14.3 Å². The highest BCUT2D eigenvalue weighted by molar-refractivity contribution is 5.77. The Morgan fingerprint density at radius 1 is 1.59 bits per heavy atom. The summed E-state index contributed by atoms with van der Waals surface area (Å²) in [4.78, 5) is 24.6. The van der Waals surface area contributed by atoms with E-state index >= 15 is 0 Å². The Hall–Kier alpha value is -1.52. The Morgan fingerprint density at radius 3 is 3.18 bits per heavy atom. The molecular weight excluding hydrogens is 220 g/mol. The van der Waals surface area contributed by atoms with Crippen LogP contribution in [0.1, 0.15) is 19.3 Å². The van der Waals surface area contributed by atoms with Gasteiger partial charge >= 0.3 is 6.09 Å². The summed E-state index contributed by atoms with van der Waals surface area (Å²) in [5.74, 6) is 0.506. The lowest BCUT2D eigenvalue weighted by atomic mass is 9.85. The molecule has 0 bridgehead atoms. The van der Waals surface area contributed by atoms with E-state index in [9.17, 15) is 9.59 Å². The smallest absolute Gasteiger partial charge is 0.410 e. The molecular formula is C12H18N2O3. The monoisotopic (exact) mass is 238 g/mol. The lowest BCUT2D eigenvalue weighted by Crippen LogP contribution is -2.55. The van der Waals surface area contributed by atoms with Gasteiger partial charge in [0.2, 0.25) is 5.91 Å². The highest BCUT2D eigenvalue weighted by Crippen LogP contribution is 2.25. The minimum absolute atomic E-state index is 0.133. The van der Waals surface area contributed by atoms with Gasteiger partial charge in [0.25, 0.3) is 0 Å². The Morgan fingerprint density at radius 2 is 2.41 bits per heavy atom. The number of nitrogens with one attached hydrogen (secondary N) is 1. The third kappa shape index (κ3) is 2.78. The first-order chi connectivity index (χ1) is 8.20. The van der Waals surface area contributed by atoms with Crippen LogP contribution in [0.5, 0.6) is 0 Å². The summed E-state index contributed by atoms with van der Waals surface area (Å²) >= 11 is 0. The minimum Gasteiger partial charge on any atom is -0.445 e. The van der Waals surface area contributed by atoms with Crippen LogP contribution in [-0.2, 0) is 9.53 Å². The number of amides is 2. The van der Waals surface area contributed by atoms with Crippen LogP contribution in [0.3, 0.4) is 0 Å². The predicted molar refractivity (Wildman–Crippen MR) is 62.4 cm³/mol. The summed E-state index contributed by atoms with van der Waals surface area (Å²) in [7, 11) is 0. The fourth-order valence-corrected chi connectivity index (χ4v) is 2.50. The Kier molecular flexibility index (Phi) is 3.66. The van der Waals surface area contributed by atoms with Crippen LogP contribution in [0, 0.1) is 5.92 Å². The van der Waals surface area contributed by atoms with Crippen LogP contribution in [0.2, 0.25) is 0 Å². The van der Waals surface area contributed by atoms with Crippen molar-refractivity contribution in [3.05, 3.63) is 12.7 Å². The number of hydrogen-bond acceptors (Lipinski definition) is 3. The zero-order valence-corrected chi connectivity index (χ0v) is 9.85. The lowest BCUT2D eigenvalue weighted by Gasteiger charge is -2.40. The van der Waals surface area contributed by atoms with Crippen molar-refractivity contribution in [1.29, 1.82) is 0 Å². The molecule has 0 saturated carbocycles. The Labute approximate surface area is 101 Å². The molecule has 94 valence electrons. The van der Waals surface area contributed by atoms with Crippen LogP contribution < -0.4 is 5.32 Å². The number of carbonyl (C=O) groups excluding carboxylic acids is 2. The summed E-state index contributed by atoms with van der Waals surface area (Å²) < 4.78 is 5.01. The molecule has 2 fully saturated rings. The largest absolute Gasteiger partial charge is 0.445 e. The Bertz CT molecular complexity index is 330. The summed E-state index contributed by atoms with van der Waals surface area (Å²) in [6.07, 6.45) is 3.53. The normalized spacial score (nSPS) is 28.0. The molecule has 0 spiro atoms. The second-order valence-electron chi connectivity index (χ2n) is 4.57. The summed E-state index contributed by atoms with van der Waals surface area (Å²) in [6.45, 7) is 5.09. The average molecular weight is 238 g/mol.